The third-order valence-electron chi connectivity index (χ3n) is 4.79. The van der Waals surface area contributed by atoms with E-state index in [1.807, 2.05) is 19.9 Å². The number of hydrogen-bond acceptors (Lipinski definition) is 7. The minimum atomic E-state index is -0.380. The number of anilines is 2. The first-order chi connectivity index (χ1) is 16.0. The van der Waals surface area contributed by atoms with Crippen LogP contribution in [0, 0.1) is 11.8 Å². The molecule has 0 aromatic carbocycles. The number of aldehydes is 1. The van der Waals surface area contributed by atoms with Crippen molar-refractivity contribution in [1.82, 2.24) is 19.9 Å². The maximum Gasteiger partial charge on any atom is 0.328 e. The first-order valence-electron chi connectivity index (χ1n) is 10.5. The molecule has 4 heterocycles. The number of nitrogens with zero attached hydrogens (tertiary/aromatic N) is 5. The molecule has 0 aliphatic carbocycles. The number of aryl methyl sites for hydroxylation is 1. The number of ether oxygens (including phenoxy) is 1. The lowest BCUT2D eigenvalue weighted by molar-refractivity contribution is 0.111. The zero-order chi connectivity index (χ0) is 23.2. The molecule has 0 saturated heterocycles. The van der Waals surface area contributed by atoms with Crippen LogP contribution >= 0.6 is 0 Å². The Morgan fingerprint density at radius 2 is 2.03 bits per heavy atom. The summed E-state index contributed by atoms with van der Waals surface area (Å²) >= 11 is 0. The van der Waals surface area contributed by atoms with Crippen LogP contribution in [0.4, 0.5) is 16.4 Å². The molecular weight excluding hydrogens is 420 g/mol. The first-order valence-corrected chi connectivity index (χ1v) is 10.5. The van der Waals surface area contributed by atoms with E-state index in [1.165, 1.54) is 11.2 Å². The summed E-state index contributed by atoms with van der Waals surface area (Å²) in [4.78, 5) is 42.2. The van der Waals surface area contributed by atoms with E-state index in [2.05, 4.69) is 37.1 Å². The predicted octanol–water partition coefficient (Wildman–Crippen LogP) is 3.25. The maximum absolute atomic E-state index is 13.0. The molecule has 9 heteroatoms. The highest BCUT2D eigenvalue weighted by atomic mass is 16.5. The van der Waals surface area contributed by atoms with Gasteiger partial charge in [-0.3, -0.25) is 15.0 Å². The monoisotopic (exact) mass is 442 g/mol. The highest BCUT2D eigenvalue weighted by molar-refractivity contribution is 6.01. The molecule has 0 spiro atoms. The van der Waals surface area contributed by atoms with Gasteiger partial charge in [0.25, 0.3) is 0 Å². The average Bonchev–Trinajstić information content (AvgIpc) is 2.83. The van der Waals surface area contributed by atoms with Crippen LogP contribution in [-0.2, 0) is 6.42 Å². The fourth-order valence-corrected chi connectivity index (χ4v) is 3.35. The molecular formula is C24H22N6O3. The second kappa shape index (κ2) is 9.87. The van der Waals surface area contributed by atoms with Gasteiger partial charge in [-0.1, -0.05) is 17.9 Å². The second-order valence-corrected chi connectivity index (χ2v) is 7.63. The third-order valence-corrected chi connectivity index (χ3v) is 4.79. The number of urea groups is 1. The summed E-state index contributed by atoms with van der Waals surface area (Å²) in [7, 11) is 0. The van der Waals surface area contributed by atoms with Gasteiger partial charge in [-0.2, -0.15) is 0 Å². The quantitative estimate of drug-likeness (QED) is 0.488. The van der Waals surface area contributed by atoms with Gasteiger partial charge < -0.3 is 4.74 Å². The fraction of sp³-hybridized carbons (Fsp3) is 0.250. The molecule has 0 saturated carbocycles. The normalized spacial score (nSPS) is 12.4. The van der Waals surface area contributed by atoms with E-state index in [-0.39, 0.29) is 17.8 Å². The van der Waals surface area contributed by atoms with Gasteiger partial charge in [-0.05, 0) is 38.3 Å². The Bertz CT molecular complexity index is 1230. The summed E-state index contributed by atoms with van der Waals surface area (Å²) in [6.07, 6.45) is 8.40. The van der Waals surface area contributed by atoms with Gasteiger partial charge in [0.2, 0.25) is 0 Å². The number of hydrogen-bond donors (Lipinski definition) is 1. The molecule has 1 aliphatic heterocycles. The molecule has 9 nitrogen and oxygen atoms in total. The van der Waals surface area contributed by atoms with E-state index in [0.29, 0.717) is 41.3 Å². The van der Waals surface area contributed by atoms with Gasteiger partial charge in [0.05, 0.1) is 17.2 Å². The smallest absolute Gasteiger partial charge is 0.328 e. The van der Waals surface area contributed by atoms with Crippen molar-refractivity contribution in [1.29, 1.82) is 0 Å². The van der Waals surface area contributed by atoms with Crippen molar-refractivity contribution in [3.05, 3.63) is 65.5 Å². The van der Waals surface area contributed by atoms with E-state index < -0.39 is 0 Å². The number of carbonyl (C=O) groups excluding carboxylic acids is 2. The second-order valence-electron chi connectivity index (χ2n) is 7.63. The highest BCUT2D eigenvalue weighted by Gasteiger charge is 2.25. The van der Waals surface area contributed by atoms with Gasteiger partial charge in [-0.25, -0.2) is 24.7 Å². The lowest BCUT2D eigenvalue weighted by atomic mass is 10.1. The Morgan fingerprint density at radius 1 is 1.21 bits per heavy atom. The van der Waals surface area contributed by atoms with Crippen molar-refractivity contribution in [2.24, 2.45) is 0 Å². The molecule has 3 aromatic heterocycles. The summed E-state index contributed by atoms with van der Waals surface area (Å²) in [5.74, 6) is 7.32. The molecule has 0 unspecified atom stereocenters. The standard InChI is InChI=1S/C24H22N6O3/c1-16(2)33-21-10-22(27-13-19(21)6-5-17-11-25-15-26-12-17)29-24(32)30-9-3-4-18-7-8-20(14-31)28-23(18)30/h7-8,10-16H,3-4,9H2,1-2H3,(H,27,29,32). The molecule has 166 valence electrons. The minimum Gasteiger partial charge on any atom is -0.490 e. The molecule has 33 heavy (non-hydrogen) atoms. The van der Waals surface area contributed by atoms with Crippen LogP contribution < -0.4 is 15.0 Å². The number of rotatable bonds is 4. The molecule has 3 aromatic rings. The molecule has 1 N–H and O–H groups in total. The molecule has 0 atom stereocenters. The topological polar surface area (TPSA) is 110 Å². The van der Waals surface area contributed by atoms with Crippen LogP contribution in [0.5, 0.6) is 5.75 Å². The predicted molar refractivity (Wildman–Crippen MR) is 122 cm³/mol. The number of carbonyl (C=O) groups is 2. The van der Waals surface area contributed by atoms with Crippen molar-refractivity contribution in [3.8, 4) is 17.6 Å². The Labute approximate surface area is 191 Å². The van der Waals surface area contributed by atoms with Gasteiger partial charge in [0.15, 0.2) is 6.29 Å². The van der Waals surface area contributed by atoms with Crippen LogP contribution in [-0.4, -0.2) is 44.9 Å². The summed E-state index contributed by atoms with van der Waals surface area (Å²) in [5.41, 5.74) is 2.45. The Balaban J connectivity index is 1.58. The van der Waals surface area contributed by atoms with E-state index in [1.54, 1.807) is 30.7 Å². The van der Waals surface area contributed by atoms with Crippen molar-refractivity contribution in [2.45, 2.75) is 32.8 Å². The zero-order valence-electron chi connectivity index (χ0n) is 18.3. The summed E-state index contributed by atoms with van der Waals surface area (Å²) in [5, 5.41) is 2.80. The summed E-state index contributed by atoms with van der Waals surface area (Å²) < 4.78 is 5.90. The van der Waals surface area contributed by atoms with Crippen LogP contribution in [0.2, 0.25) is 0 Å². The van der Waals surface area contributed by atoms with Crippen LogP contribution in [0.3, 0.4) is 0 Å². The highest BCUT2D eigenvalue weighted by Crippen LogP contribution is 2.27. The molecule has 2 amide bonds. The lowest BCUT2D eigenvalue weighted by Gasteiger charge is -2.28. The zero-order valence-corrected chi connectivity index (χ0v) is 18.3. The maximum atomic E-state index is 13.0. The molecule has 0 fully saturated rings. The lowest BCUT2D eigenvalue weighted by Crippen LogP contribution is -2.39. The van der Waals surface area contributed by atoms with E-state index in [9.17, 15) is 9.59 Å². The summed E-state index contributed by atoms with van der Waals surface area (Å²) in [6, 6.07) is 4.76. The van der Waals surface area contributed by atoms with Crippen LogP contribution in [0.15, 0.2) is 43.1 Å². The van der Waals surface area contributed by atoms with Crippen molar-refractivity contribution >= 4 is 24.0 Å². The average molecular weight is 442 g/mol. The Hall–Kier alpha value is -4.32. The van der Waals surface area contributed by atoms with Crippen LogP contribution in [0.1, 0.15) is 47.4 Å². The number of pyridine rings is 2. The third kappa shape index (κ3) is 5.30. The first kappa shape index (κ1) is 21.9. The molecule has 0 radical (unpaired) electrons. The SMILES string of the molecule is CC(C)Oc1cc(NC(=O)N2CCCc3ccc(C=O)nc32)ncc1C#Cc1cncnc1. The van der Waals surface area contributed by atoms with E-state index in [0.717, 1.165) is 18.4 Å². The number of amides is 2. The Morgan fingerprint density at radius 3 is 2.79 bits per heavy atom. The number of fused-ring (bicyclic) bond motifs is 1. The van der Waals surface area contributed by atoms with E-state index in [4.69, 9.17) is 4.74 Å². The van der Waals surface area contributed by atoms with Crippen molar-refractivity contribution in [3.63, 3.8) is 0 Å². The van der Waals surface area contributed by atoms with Gasteiger partial charge >= 0.3 is 6.03 Å². The minimum absolute atomic E-state index is 0.100. The largest absolute Gasteiger partial charge is 0.490 e. The van der Waals surface area contributed by atoms with Gasteiger partial charge in [-0.15, -0.1) is 0 Å². The molecule has 4 rings (SSSR count). The summed E-state index contributed by atoms with van der Waals surface area (Å²) in [6.45, 7) is 4.30. The molecule has 0 bridgehead atoms. The van der Waals surface area contributed by atoms with Crippen molar-refractivity contribution < 1.29 is 14.3 Å². The Kier molecular flexibility index (Phi) is 6.55. The fourth-order valence-electron chi connectivity index (χ4n) is 3.35. The number of nitrogens with one attached hydrogen (secondary N) is 1. The van der Waals surface area contributed by atoms with Gasteiger partial charge in [0, 0.05) is 31.2 Å². The molecule has 1 aliphatic rings. The number of aromatic nitrogens is 4. The van der Waals surface area contributed by atoms with Gasteiger partial charge in [0.1, 0.15) is 29.4 Å². The van der Waals surface area contributed by atoms with E-state index >= 15 is 0 Å². The van der Waals surface area contributed by atoms with Crippen molar-refractivity contribution in [2.75, 3.05) is 16.8 Å². The van der Waals surface area contributed by atoms with Crippen LogP contribution in [0.25, 0.3) is 0 Å².